The summed E-state index contributed by atoms with van der Waals surface area (Å²) in [7, 11) is -4.00. The van der Waals surface area contributed by atoms with Crippen LogP contribution in [-0.4, -0.2) is 67.3 Å². The molecule has 5 atom stereocenters. The minimum absolute atomic E-state index is 0.0458. The fraction of sp³-hybridized carbons (Fsp3) is 0.359. The molecule has 0 radical (unpaired) electrons. The van der Waals surface area contributed by atoms with Crippen LogP contribution in [0.25, 0.3) is 0 Å². The Kier molecular flexibility index (Phi) is 11.8. The number of likely N-dealkylation sites (tertiary alicyclic amines) is 1. The highest BCUT2D eigenvalue weighted by Crippen LogP contribution is 2.39. The predicted octanol–water partition coefficient (Wildman–Crippen LogP) is 5.02. The molecule has 2 aliphatic rings. The van der Waals surface area contributed by atoms with Gasteiger partial charge >= 0.3 is 0 Å². The van der Waals surface area contributed by atoms with E-state index in [-0.39, 0.29) is 42.8 Å². The molecule has 2 fully saturated rings. The molecule has 6 rings (SSSR count). The molecular weight excluding hydrogens is 655 g/mol. The summed E-state index contributed by atoms with van der Waals surface area (Å²) in [6.07, 6.45) is 1.52. The monoisotopic (exact) mass is 699 g/mol. The number of aliphatic hydroxyl groups excluding tert-OH is 2. The second-order valence-electron chi connectivity index (χ2n) is 13.1. The predicted molar refractivity (Wildman–Crippen MR) is 191 cm³/mol. The van der Waals surface area contributed by atoms with E-state index in [0.29, 0.717) is 24.2 Å². The first-order chi connectivity index (χ1) is 24.2. The van der Waals surface area contributed by atoms with Crippen LogP contribution in [0.3, 0.4) is 0 Å². The van der Waals surface area contributed by atoms with Crippen molar-refractivity contribution in [3.8, 4) is 0 Å². The van der Waals surface area contributed by atoms with E-state index in [1.165, 1.54) is 12.1 Å². The van der Waals surface area contributed by atoms with E-state index >= 15 is 0 Å². The molecule has 4 aromatic rings. The number of hydrogen-bond donors (Lipinski definition) is 4. The molecule has 0 aromatic heterocycles. The van der Waals surface area contributed by atoms with Crippen molar-refractivity contribution in [2.45, 2.75) is 74.7 Å². The molecule has 2 heterocycles. The summed E-state index contributed by atoms with van der Waals surface area (Å²) < 4.78 is 42.5. The molecule has 1 amide bonds. The van der Waals surface area contributed by atoms with Gasteiger partial charge in [-0.1, -0.05) is 84.4 Å². The van der Waals surface area contributed by atoms with Crippen molar-refractivity contribution in [1.29, 1.82) is 0 Å². The van der Waals surface area contributed by atoms with E-state index in [4.69, 9.17) is 9.47 Å². The number of carbonyl (C=O) groups is 1. The first-order valence-corrected chi connectivity index (χ1v) is 18.6. The number of amides is 1. The quantitative estimate of drug-likeness (QED) is 0.153. The second-order valence-corrected chi connectivity index (χ2v) is 14.8. The second kappa shape index (κ2) is 16.4. The number of nitrogens with zero attached hydrogens (tertiary/aromatic N) is 1. The van der Waals surface area contributed by atoms with Crippen molar-refractivity contribution in [3.63, 3.8) is 0 Å². The topological polar surface area (TPSA) is 137 Å². The van der Waals surface area contributed by atoms with Gasteiger partial charge in [-0.2, -0.15) is 4.72 Å². The van der Waals surface area contributed by atoms with Crippen molar-refractivity contribution < 1.29 is 32.9 Å². The summed E-state index contributed by atoms with van der Waals surface area (Å²) >= 11 is 0. The van der Waals surface area contributed by atoms with Crippen LogP contribution in [0, 0.1) is 6.92 Å². The molecule has 10 nitrogen and oxygen atoms in total. The summed E-state index contributed by atoms with van der Waals surface area (Å²) in [6.45, 7) is 3.48. The number of ether oxygens (including phenoxy) is 2. The third-order valence-electron chi connectivity index (χ3n) is 9.42. The average Bonchev–Trinajstić information content (AvgIpc) is 3.59. The fourth-order valence-electron chi connectivity index (χ4n) is 6.64. The zero-order valence-electron chi connectivity index (χ0n) is 28.1. The number of aryl methyl sites for hydroxylation is 1. The maximum Gasteiger partial charge on any atom is 0.242 e. The van der Waals surface area contributed by atoms with Crippen LogP contribution in [0.5, 0.6) is 0 Å². The van der Waals surface area contributed by atoms with Crippen LogP contribution < -0.4 is 10.0 Å². The Morgan fingerprint density at radius 1 is 0.900 bits per heavy atom. The SMILES string of the molecule is Cc1ccc(S(=O)(=O)N[C@H](Cc2ccccc2)C(=O)Nc2cccc([C@@H]3O[C@H](CN4CCC[C@H]4CO)C[C@H](c4ccc(CO)cc4)O3)c2)cc1. The molecule has 2 saturated heterocycles. The first-order valence-electron chi connectivity index (χ1n) is 17.1. The summed E-state index contributed by atoms with van der Waals surface area (Å²) in [5, 5.41) is 22.4. The molecule has 4 N–H and O–H groups in total. The van der Waals surface area contributed by atoms with Crippen molar-refractivity contribution in [1.82, 2.24) is 9.62 Å². The van der Waals surface area contributed by atoms with Crippen LogP contribution in [0.1, 0.15) is 59.5 Å². The molecule has 11 heteroatoms. The van der Waals surface area contributed by atoms with Crippen LogP contribution in [0.4, 0.5) is 5.69 Å². The Morgan fingerprint density at radius 3 is 2.38 bits per heavy atom. The lowest BCUT2D eigenvalue weighted by Gasteiger charge is -2.38. The van der Waals surface area contributed by atoms with Gasteiger partial charge in [0.05, 0.1) is 30.3 Å². The Hall–Kier alpha value is -3.94. The average molecular weight is 700 g/mol. The summed E-state index contributed by atoms with van der Waals surface area (Å²) in [5.74, 6) is -0.504. The molecule has 4 aromatic carbocycles. The highest BCUT2D eigenvalue weighted by atomic mass is 32.2. The van der Waals surface area contributed by atoms with Gasteiger partial charge in [-0.25, -0.2) is 8.42 Å². The third kappa shape index (κ3) is 9.04. The van der Waals surface area contributed by atoms with E-state index in [9.17, 15) is 23.4 Å². The highest BCUT2D eigenvalue weighted by Gasteiger charge is 2.35. The van der Waals surface area contributed by atoms with Crippen molar-refractivity contribution >= 4 is 21.6 Å². The zero-order chi connectivity index (χ0) is 35.1. The Bertz CT molecular complexity index is 1820. The Balaban J connectivity index is 1.22. The Labute approximate surface area is 294 Å². The molecule has 0 unspecified atom stereocenters. The van der Waals surface area contributed by atoms with E-state index in [1.807, 2.05) is 67.6 Å². The van der Waals surface area contributed by atoms with E-state index in [2.05, 4.69) is 14.9 Å². The molecule has 50 heavy (non-hydrogen) atoms. The smallest absolute Gasteiger partial charge is 0.242 e. The van der Waals surface area contributed by atoms with Gasteiger partial charge in [0.2, 0.25) is 15.9 Å². The van der Waals surface area contributed by atoms with E-state index < -0.39 is 28.3 Å². The van der Waals surface area contributed by atoms with Gasteiger partial charge in [0, 0.05) is 30.3 Å². The molecular formula is C39H45N3O7S. The van der Waals surface area contributed by atoms with Gasteiger partial charge in [0.1, 0.15) is 6.04 Å². The maximum atomic E-state index is 13.8. The molecule has 0 spiro atoms. The van der Waals surface area contributed by atoms with Gasteiger partial charge < -0.3 is 25.0 Å². The lowest BCUT2D eigenvalue weighted by Crippen LogP contribution is -2.45. The largest absolute Gasteiger partial charge is 0.395 e. The summed E-state index contributed by atoms with van der Waals surface area (Å²) in [4.78, 5) is 16.2. The Morgan fingerprint density at radius 2 is 1.66 bits per heavy atom. The molecule has 2 aliphatic heterocycles. The fourth-order valence-corrected chi connectivity index (χ4v) is 7.84. The van der Waals surface area contributed by atoms with Gasteiger partial charge in [-0.15, -0.1) is 0 Å². The van der Waals surface area contributed by atoms with Crippen LogP contribution >= 0.6 is 0 Å². The van der Waals surface area contributed by atoms with Crippen LogP contribution in [-0.2, 0) is 37.3 Å². The highest BCUT2D eigenvalue weighted by molar-refractivity contribution is 7.89. The molecule has 264 valence electrons. The van der Waals surface area contributed by atoms with Gasteiger partial charge in [-0.05, 0) is 73.7 Å². The number of hydrogen-bond acceptors (Lipinski definition) is 8. The maximum absolute atomic E-state index is 13.8. The number of carbonyl (C=O) groups excluding carboxylic acids is 1. The van der Waals surface area contributed by atoms with Crippen molar-refractivity contribution in [2.75, 3.05) is 25.0 Å². The van der Waals surface area contributed by atoms with E-state index in [0.717, 1.165) is 41.6 Å². The number of rotatable bonds is 13. The van der Waals surface area contributed by atoms with Crippen molar-refractivity contribution in [2.24, 2.45) is 0 Å². The summed E-state index contributed by atoms with van der Waals surface area (Å²) in [6, 6.07) is 29.7. The lowest BCUT2D eigenvalue weighted by molar-refractivity contribution is -0.253. The number of sulfonamides is 1. The minimum Gasteiger partial charge on any atom is -0.395 e. The van der Waals surface area contributed by atoms with Gasteiger partial charge in [0.15, 0.2) is 6.29 Å². The van der Waals surface area contributed by atoms with E-state index in [1.54, 1.807) is 30.3 Å². The number of aliphatic hydroxyl groups is 2. The zero-order valence-corrected chi connectivity index (χ0v) is 29.0. The number of benzene rings is 4. The standard InChI is InChI=1S/C39H45N3O7S/c1-27-12-18-35(19-13-27)50(46,47)41-36(21-28-7-3-2-4-8-28)38(45)40-32-10-5-9-31(22-32)39-48-34(24-42-20-6-11-33(42)26-44)23-37(49-39)30-16-14-29(25-43)15-17-30/h2-5,7-10,12-19,22,33-34,36-37,39,41,43-44H,6,11,20-21,23-26H2,1H3,(H,40,45)/t33-,34-,36+,37+,39+/m0/s1. The third-order valence-corrected chi connectivity index (χ3v) is 10.9. The lowest BCUT2D eigenvalue weighted by atomic mass is 9.99. The van der Waals surface area contributed by atoms with Crippen LogP contribution in [0.2, 0.25) is 0 Å². The number of nitrogens with one attached hydrogen (secondary N) is 2. The summed E-state index contributed by atoms with van der Waals surface area (Å²) in [5.41, 5.74) is 4.68. The minimum atomic E-state index is -4.00. The number of anilines is 1. The molecule has 0 bridgehead atoms. The molecule has 0 saturated carbocycles. The first kappa shape index (κ1) is 35.9. The normalized spacial score (nSPS) is 21.9. The van der Waals surface area contributed by atoms with Gasteiger partial charge in [0.25, 0.3) is 0 Å². The van der Waals surface area contributed by atoms with Gasteiger partial charge in [-0.3, -0.25) is 9.69 Å². The van der Waals surface area contributed by atoms with Crippen LogP contribution in [0.15, 0.2) is 108 Å². The van der Waals surface area contributed by atoms with Crippen molar-refractivity contribution in [3.05, 3.63) is 131 Å². The molecule has 0 aliphatic carbocycles.